The molecule has 3 heteroatoms. The molecule has 2 nitrogen and oxygen atoms in total. The predicted octanol–water partition coefficient (Wildman–Crippen LogP) is 3.71. The standard InChI is InChI=1S/C18H17FN2/c19-18-5-2-14(3-6-18)7-9-20-12-15-1-4-17-13-21-10-8-16(17)11-15/h1-6,8,10-11,13,20H,7,9,12H2. The van der Waals surface area contributed by atoms with Crippen LogP contribution in [0.3, 0.4) is 0 Å². The van der Waals surface area contributed by atoms with E-state index in [-0.39, 0.29) is 5.82 Å². The Kier molecular flexibility index (Phi) is 4.22. The van der Waals surface area contributed by atoms with Gasteiger partial charge < -0.3 is 5.32 Å². The Morgan fingerprint density at radius 3 is 2.57 bits per heavy atom. The van der Waals surface area contributed by atoms with Crippen LogP contribution in [0.15, 0.2) is 60.9 Å². The maximum Gasteiger partial charge on any atom is 0.123 e. The molecule has 0 aliphatic carbocycles. The van der Waals surface area contributed by atoms with Crippen LogP contribution in [0.2, 0.25) is 0 Å². The molecule has 1 N–H and O–H groups in total. The zero-order valence-electron chi connectivity index (χ0n) is 11.7. The van der Waals surface area contributed by atoms with Crippen LogP contribution in [0.4, 0.5) is 4.39 Å². The van der Waals surface area contributed by atoms with E-state index in [0.29, 0.717) is 0 Å². The van der Waals surface area contributed by atoms with Gasteiger partial charge >= 0.3 is 0 Å². The Labute approximate surface area is 123 Å². The summed E-state index contributed by atoms with van der Waals surface area (Å²) in [4.78, 5) is 4.12. The molecule has 0 saturated carbocycles. The van der Waals surface area contributed by atoms with Crippen LogP contribution < -0.4 is 5.32 Å². The fourth-order valence-corrected chi connectivity index (χ4v) is 2.36. The second-order valence-electron chi connectivity index (χ2n) is 5.11. The number of pyridine rings is 1. The molecule has 0 aliphatic heterocycles. The van der Waals surface area contributed by atoms with Crippen molar-refractivity contribution in [1.29, 1.82) is 0 Å². The lowest BCUT2D eigenvalue weighted by Gasteiger charge is -2.06. The van der Waals surface area contributed by atoms with Crippen LogP contribution in [-0.4, -0.2) is 11.5 Å². The van der Waals surface area contributed by atoms with Gasteiger partial charge in [-0.05, 0) is 53.7 Å². The zero-order valence-corrected chi connectivity index (χ0v) is 11.7. The lowest BCUT2D eigenvalue weighted by Crippen LogP contribution is -2.16. The lowest BCUT2D eigenvalue weighted by molar-refractivity contribution is 0.626. The maximum absolute atomic E-state index is 12.8. The smallest absolute Gasteiger partial charge is 0.123 e. The van der Waals surface area contributed by atoms with Gasteiger partial charge in [0.25, 0.3) is 0 Å². The molecule has 0 unspecified atom stereocenters. The van der Waals surface area contributed by atoms with Crippen LogP contribution in [-0.2, 0) is 13.0 Å². The third kappa shape index (κ3) is 3.64. The first-order chi connectivity index (χ1) is 10.3. The molecule has 0 radical (unpaired) electrons. The van der Waals surface area contributed by atoms with Gasteiger partial charge in [0.1, 0.15) is 5.82 Å². The number of nitrogens with zero attached hydrogens (tertiary/aromatic N) is 1. The third-order valence-corrected chi connectivity index (χ3v) is 3.54. The van der Waals surface area contributed by atoms with E-state index in [1.807, 2.05) is 30.6 Å². The zero-order chi connectivity index (χ0) is 14.5. The second kappa shape index (κ2) is 6.46. The molecule has 0 amide bonds. The number of nitrogens with one attached hydrogen (secondary N) is 1. The molecule has 1 heterocycles. The minimum Gasteiger partial charge on any atom is -0.312 e. The van der Waals surface area contributed by atoms with Crippen molar-refractivity contribution >= 4 is 10.8 Å². The number of halogens is 1. The normalized spacial score (nSPS) is 10.9. The van der Waals surface area contributed by atoms with Crippen molar-refractivity contribution in [3.05, 3.63) is 77.9 Å². The Morgan fingerprint density at radius 2 is 1.71 bits per heavy atom. The van der Waals surface area contributed by atoms with Gasteiger partial charge in [0, 0.05) is 24.3 Å². The van der Waals surface area contributed by atoms with Crippen molar-refractivity contribution in [3.8, 4) is 0 Å². The molecule has 0 saturated heterocycles. The minimum absolute atomic E-state index is 0.183. The number of fused-ring (bicyclic) bond motifs is 1. The second-order valence-corrected chi connectivity index (χ2v) is 5.11. The summed E-state index contributed by atoms with van der Waals surface area (Å²) in [6.45, 7) is 1.71. The molecule has 21 heavy (non-hydrogen) atoms. The van der Waals surface area contributed by atoms with Gasteiger partial charge in [-0.15, -0.1) is 0 Å². The van der Waals surface area contributed by atoms with Crippen LogP contribution in [0.25, 0.3) is 10.8 Å². The van der Waals surface area contributed by atoms with Crippen molar-refractivity contribution in [1.82, 2.24) is 10.3 Å². The molecule has 106 valence electrons. The predicted molar refractivity (Wildman–Crippen MR) is 83.6 cm³/mol. The molecule has 2 aromatic carbocycles. The molecule has 0 aliphatic rings. The fourth-order valence-electron chi connectivity index (χ4n) is 2.36. The highest BCUT2D eigenvalue weighted by molar-refractivity contribution is 5.81. The average Bonchev–Trinajstić information content (AvgIpc) is 2.53. The molecule has 1 aromatic heterocycles. The van der Waals surface area contributed by atoms with Crippen molar-refractivity contribution in [2.75, 3.05) is 6.54 Å². The molecule has 3 rings (SSSR count). The van der Waals surface area contributed by atoms with Crippen molar-refractivity contribution in [3.63, 3.8) is 0 Å². The van der Waals surface area contributed by atoms with Crippen LogP contribution in [0, 0.1) is 5.82 Å². The topological polar surface area (TPSA) is 24.9 Å². The summed E-state index contributed by atoms with van der Waals surface area (Å²) < 4.78 is 12.8. The van der Waals surface area contributed by atoms with Crippen LogP contribution in [0.5, 0.6) is 0 Å². The van der Waals surface area contributed by atoms with Gasteiger partial charge in [0.15, 0.2) is 0 Å². The Morgan fingerprint density at radius 1 is 0.905 bits per heavy atom. The van der Waals surface area contributed by atoms with E-state index >= 15 is 0 Å². The first-order valence-electron chi connectivity index (χ1n) is 7.09. The molecular weight excluding hydrogens is 263 g/mol. The van der Waals surface area contributed by atoms with E-state index in [9.17, 15) is 4.39 Å². The molecule has 0 atom stereocenters. The van der Waals surface area contributed by atoms with Gasteiger partial charge in [-0.1, -0.05) is 24.3 Å². The monoisotopic (exact) mass is 280 g/mol. The first-order valence-corrected chi connectivity index (χ1v) is 7.09. The van der Waals surface area contributed by atoms with Gasteiger partial charge in [0.2, 0.25) is 0 Å². The first kappa shape index (κ1) is 13.7. The summed E-state index contributed by atoms with van der Waals surface area (Å²) in [6.07, 6.45) is 4.59. The average molecular weight is 280 g/mol. The summed E-state index contributed by atoms with van der Waals surface area (Å²) in [7, 11) is 0. The van der Waals surface area contributed by atoms with E-state index in [4.69, 9.17) is 0 Å². The number of benzene rings is 2. The van der Waals surface area contributed by atoms with Crippen molar-refractivity contribution < 1.29 is 4.39 Å². The summed E-state index contributed by atoms with van der Waals surface area (Å²) in [5, 5.41) is 5.79. The summed E-state index contributed by atoms with van der Waals surface area (Å²) >= 11 is 0. The van der Waals surface area contributed by atoms with Crippen molar-refractivity contribution in [2.45, 2.75) is 13.0 Å². The molecule has 0 spiro atoms. The lowest BCUT2D eigenvalue weighted by atomic mass is 10.1. The van der Waals surface area contributed by atoms with E-state index in [1.54, 1.807) is 0 Å². The van der Waals surface area contributed by atoms with E-state index < -0.39 is 0 Å². The Bertz CT molecular complexity index is 723. The highest BCUT2D eigenvalue weighted by Gasteiger charge is 1.98. The van der Waals surface area contributed by atoms with Gasteiger partial charge in [-0.3, -0.25) is 4.98 Å². The maximum atomic E-state index is 12.8. The molecular formula is C18H17FN2. The van der Waals surface area contributed by atoms with Crippen molar-refractivity contribution in [2.24, 2.45) is 0 Å². The van der Waals surface area contributed by atoms with E-state index in [0.717, 1.165) is 30.5 Å². The number of aromatic nitrogens is 1. The Hall–Kier alpha value is -2.26. The summed E-state index contributed by atoms with van der Waals surface area (Å²) in [6, 6.07) is 15.1. The fraction of sp³-hybridized carbons (Fsp3) is 0.167. The number of hydrogen-bond acceptors (Lipinski definition) is 2. The van der Waals surface area contributed by atoms with E-state index in [1.165, 1.54) is 23.1 Å². The number of hydrogen-bond donors (Lipinski definition) is 1. The van der Waals surface area contributed by atoms with Gasteiger partial charge in [-0.2, -0.15) is 0 Å². The van der Waals surface area contributed by atoms with Gasteiger partial charge in [0.05, 0.1) is 0 Å². The molecule has 3 aromatic rings. The summed E-state index contributed by atoms with van der Waals surface area (Å²) in [5.74, 6) is -0.183. The number of rotatable bonds is 5. The quantitative estimate of drug-likeness (QED) is 0.721. The van der Waals surface area contributed by atoms with E-state index in [2.05, 4.69) is 28.5 Å². The largest absolute Gasteiger partial charge is 0.312 e. The minimum atomic E-state index is -0.183. The van der Waals surface area contributed by atoms with Gasteiger partial charge in [-0.25, -0.2) is 4.39 Å². The SMILES string of the molecule is Fc1ccc(CCNCc2ccc3cnccc3c2)cc1. The highest BCUT2D eigenvalue weighted by Crippen LogP contribution is 2.14. The highest BCUT2D eigenvalue weighted by atomic mass is 19.1. The molecule has 0 bridgehead atoms. The third-order valence-electron chi connectivity index (χ3n) is 3.54. The van der Waals surface area contributed by atoms with Crippen LogP contribution >= 0.6 is 0 Å². The Balaban J connectivity index is 1.53. The van der Waals surface area contributed by atoms with Crippen LogP contribution in [0.1, 0.15) is 11.1 Å². The summed E-state index contributed by atoms with van der Waals surface area (Å²) in [5.41, 5.74) is 2.40. The molecule has 0 fully saturated rings.